The van der Waals surface area contributed by atoms with E-state index in [-0.39, 0.29) is 101 Å². The molecule has 2 aromatic rings. The van der Waals surface area contributed by atoms with Crippen LogP contribution in [0.2, 0.25) is 0 Å². The first kappa shape index (κ1) is 89.6. The summed E-state index contributed by atoms with van der Waals surface area (Å²) in [6, 6.07) is -7.77. The first-order chi connectivity index (χ1) is 52.7. The molecule has 0 aliphatic carbocycles. The maximum absolute atomic E-state index is 15.3. The van der Waals surface area contributed by atoms with Crippen LogP contribution >= 0.6 is 21.6 Å². The zero-order valence-corrected chi connectivity index (χ0v) is 63.9. The number of hydrogen-bond donors (Lipinski definition) is 17. The van der Waals surface area contributed by atoms with Crippen LogP contribution in [0.5, 0.6) is 0 Å². The zero-order valence-electron chi connectivity index (χ0n) is 62.3. The highest BCUT2D eigenvalue weighted by Crippen LogP contribution is 2.29. The lowest BCUT2D eigenvalue weighted by Crippen LogP contribution is -2.63. The van der Waals surface area contributed by atoms with Gasteiger partial charge in [-0.05, 0) is 81.3 Å². The molecule has 41 heteroatoms. The summed E-state index contributed by atoms with van der Waals surface area (Å²) < 4.78 is 0. The van der Waals surface area contributed by atoms with Crippen molar-refractivity contribution in [3.63, 3.8) is 0 Å². The molecule has 39 nitrogen and oxygen atoms in total. The number of amides is 13. The number of nitro groups is 1. The van der Waals surface area contributed by atoms with E-state index < -0.39 is 228 Å². The summed E-state index contributed by atoms with van der Waals surface area (Å²) >= 11 is 0. The van der Waals surface area contributed by atoms with Gasteiger partial charge in [0.15, 0.2) is 5.96 Å². The van der Waals surface area contributed by atoms with Gasteiger partial charge in [0.2, 0.25) is 76.8 Å². The number of fused-ring (bicyclic) bond motifs is 2. The highest BCUT2D eigenvalue weighted by Gasteiger charge is 2.47. The van der Waals surface area contributed by atoms with E-state index in [4.69, 9.17) is 17.2 Å². The fourth-order valence-corrected chi connectivity index (χ4v) is 15.4. The number of aliphatic imine (C=N–C) groups is 1. The standard InChI is InChI=1S/C70H102N18O21S2/c1-6-36(3)54-64(101)81-47(60(97)77-44(30-39-15-9-8-10-16-39)66(103)85-26-12-18-49(85)62(99)78-45(69(106)107)31-53(92)93)34-110-111-35-48(80-57(94)42(75-52(91)32-71)17-11-25-74-70(72)73)61(98)84-56(38(5)90)65(102)76-43(29-40-21-23-41(24-22-40)88(108)109)58(95)79-46(33-89)59(96)83-55(37(4)7-2)68(105)87-28-14-20-51(87)67(104)86-27-13-19-50(86)63(100)82-54/h8-10,15-16,21-24,36-38,42-51,54-56,89-90H,6-7,11-14,17-20,25-35,71H2,1-5H3,(H,75,91)(H,76,102)(H,77,97)(H,78,99)(H,79,95)(H,80,94)(H,81,101)(H,82,100)(H,83,96)(H,84,98)(H,92,93)(H,106,107)(H4,72,73,74)/t36-,37-,38+,42-,43-,44-,45-,46-,47-,48-,49-,50-,51-,54-,55-,56-/m0/s1. The van der Waals surface area contributed by atoms with Crippen LogP contribution < -0.4 is 70.4 Å². The molecule has 0 bridgehead atoms. The van der Waals surface area contributed by atoms with Gasteiger partial charge in [-0.3, -0.25) is 82.2 Å². The van der Waals surface area contributed by atoms with Crippen LogP contribution in [0.25, 0.3) is 0 Å². The quantitative estimate of drug-likeness (QED) is 0.0100. The molecule has 6 rings (SSSR count). The van der Waals surface area contributed by atoms with E-state index in [0.29, 0.717) is 18.4 Å². The molecule has 0 radical (unpaired) electrons. The van der Waals surface area contributed by atoms with E-state index in [0.717, 1.165) is 45.5 Å². The molecule has 16 atom stereocenters. The molecule has 0 unspecified atom stereocenters. The summed E-state index contributed by atoms with van der Waals surface area (Å²) in [4.78, 5) is 233. The lowest BCUT2D eigenvalue weighted by molar-refractivity contribution is -0.384. The number of aliphatic hydroxyl groups excluding tert-OH is 2. The van der Waals surface area contributed by atoms with Crippen LogP contribution in [0.4, 0.5) is 5.69 Å². The van der Waals surface area contributed by atoms with Crippen molar-refractivity contribution in [2.45, 2.75) is 203 Å². The third-order valence-electron chi connectivity index (χ3n) is 19.7. The summed E-state index contributed by atoms with van der Waals surface area (Å²) in [6.07, 6.45) is -2.17. The molecule has 0 spiro atoms. The van der Waals surface area contributed by atoms with Crippen LogP contribution in [0, 0.1) is 22.0 Å². The summed E-state index contributed by atoms with van der Waals surface area (Å²) in [5, 5.41) is 78.4. The topological polar surface area (TPSA) is 601 Å². The lowest BCUT2D eigenvalue weighted by atomic mass is 9.96. The molecular formula is C70H102N18O21S2. The Bertz CT molecular complexity index is 3710. The van der Waals surface area contributed by atoms with Crippen molar-refractivity contribution >= 4 is 122 Å². The number of aliphatic hydroxyl groups is 2. The number of hydrogen-bond acceptors (Lipinski definition) is 23. The second-order valence-corrected chi connectivity index (χ2v) is 30.2. The maximum atomic E-state index is 15.3. The van der Waals surface area contributed by atoms with Gasteiger partial charge in [-0.15, -0.1) is 0 Å². The van der Waals surface area contributed by atoms with Crippen LogP contribution in [0.1, 0.15) is 116 Å². The van der Waals surface area contributed by atoms with Crippen LogP contribution in [-0.4, -0.2) is 270 Å². The molecular weight excluding hydrogens is 1490 g/mol. The summed E-state index contributed by atoms with van der Waals surface area (Å²) in [5.41, 5.74) is 17.0. The van der Waals surface area contributed by atoms with Crippen molar-refractivity contribution < 1.29 is 97.3 Å². The van der Waals surface area contributed by atoms with Gasteiger partial charge >= 0.3 is 11.9 Å². The Morgan fingerprint density at radius 1 is 0.649 bits per heavy atom. The monoisotopic (exact) mass is 1590 g/mol. The molecule has 4 saturated heterocycles. The number of carbonyl (C=O) groups is 15. The Morgan fingerprint density at radius 2 is 1.23 bits per heavy atom. The van der Waals surface area contributed by atoms with E-state index in [9.17, 15) is 88.1 Å². The second-order valence-electron chi connectivity index (χ2n) is 27.7. The highest BCUT2D eigenvalue weighted by atomic mass is 33.1. The average molecular weight is 1600 g/mol. The number of nitrogens with two attached hydrogens (primary N) is 3. The molecule has 111 heavy (non-hydrogen) atoms. The first-order valence-electron chi connectivity index (χ1n) is 36.7. The Morgan fingerprint density at radius 3 is 1.83 bits per heavy atom. The van der Waals surface area contributed by atoms with Gasteiger partial charge in [0, 0.05) is 62.7 Å². The summed E-state index contributed by atoms with van der Waals surface area (Å²) in [7, 11) is 1.58. The number of benzene rings is 2. The minimum atomic E-state index is -2.04. The highest BCUT2D eigenvalue weighted by molar-refractivity contribution is 8.76. The molecule has 0 aromatic heterocycles. The summed E-state index contributed by atoms with van der Waals surface area (Å²) in [6.45, 7) is 6.03. The predicted molar refractivity (Wildman–Crippen MR) is 402 cm³/mol. The van der Waals surface area contributed by atoms with Crippen molar-refractivity contribution in [3.8, 4) is 0 Å². The minimum Gasteiger partial charge on any atom is -0.481 e. The molecule has 20 N–H and O–H groups in total. The number of nitro benzene ring substituents is 1. The molecule has 4 aliphatic heterocycles. The zero-order chi connectivity index (χ0) is 81.9. The van der Waals surface area contributed by atoms with Crippen LogP contribution in [-0.2, 0) is 84.8 Å². The van der Waals surface area contributed by atoms with Gasteiger partial charge in [0.1, 0.15) is 78.5 Å². The Balaban J connectivity index is 1.47. The van der Waals surface area contributed by atoms with E-state index in [2.05, 4.69) is 58.2 Å². The van der Waals surface area contributed by atoms with E-state index in [1.54, 1.807) is 58.0 Å². The molecule has 2 aromatic carbocycles. The SMILES string of the molecule is CC[C@H](C)[C@@H]1NC(=O)[C@@H]2CCCN2C(=O)[C@@H]2CCCN2C(=O)[C@H]([C@@H](C)CC)NC(=O)[C@H](CO)NC(=O)[C@H](Cc2ccc([N+](=O)[O-])cc2)NC(=O)[C@H]([C@@H](C)O)NC(=O)[C@@H](NC(=O)[C@H](CCCN=C(N)N)NC(=O)CN)CSSC[C@@H](C(=O)N[C@@H](Cc2ccccc2)C(=O)N2CCC[C@H]2C(=O)N[C@@H](CC(=O)O)C(=O)O)NC1=O. The number of likely N-dealkylation sites (tertiary alicyclic amines) is 1. The second kappa shape index (κ2) is 43.4. The van der Waals surface area contributed by atoms with E-state index in [1.165, 1.54) is 21.9 Å². The molecule has 4 fully saturated rings. The largest absolute Gasteiger partial charge is 0.481 e. The third-order valence-corrected chi connectivity index (χ3v) is 22.1. The van der Waals surface area contributed by atoms with Crippen LogP contribution in [0.3, 0.4) is 0 Å². The Labute approximate surface area is 647 Å². The predicted octanol–water partition coefficient (Wildman–Crippen LogP) is -4.37. The number of rotatable bonds is 27. The number of nitrogens with zero attached hydrogens (tertiary/aromatic N) is 5. The fraction of sp³-hybridized carbons (Fsp3) is 0.600. The van der Waals surface area contributed by atoms with Gasteiger partial charge in [-0.25, -0.2) is 4.79 Å². The first-order valence-corrected chi connectivity index (χ1v) is 39.2. The maximum Gasteiger partial charge on any atom is 0.326 e. The smallest absolute Gasteiger partial charge is 0.326 e. The third kappa shape index (κ3) is 25.9. The van der Waals surface area contributed by atoms with E-state index >= 15 is 14.4 Å². The number of carboxylic acids is 2. The molecule has 4 heterocycles. The normalized spacial score (nSPS) is 24.5. The van der Waals surface area contributed by atoms with Gasteiger partial charge in [-0.2, -0.15) is 0 Å². The van der Waals surface area contributed by atoms with Crippen molar-refractivity contribution in [2.24, 2.45) is 34.0 Å². The van der Waals surface area contributed by atoms with Gasteiger partial charge in [-0.1, -0.05) is 105 Å². The van der Waals surface area contributed by atoms with Crippen molar-refractivity contribution in [1.29, 1.82) is 0 Å². The van der Waals surface area contributed by atoms with Crippen molar-refractivity contribution in [2.75, 3.05) is 50.8 Å². The number of nitrogens with one attached hydrogen (secondary N) is 10. The van der Waals surface area contributed by atoms with Crippen LogP contribution in [0.15, 0.2) is 59.6 Å². The van der Waals surface area contributed by atoms with Gasteiger partial charge < -0.3 is 105 Å². The fourth-order valence-electron chi connectivity index (χ4n) is 13.1. The molecule has 4 aliphatic rings. The number of guanidine groups is 1. The number of aliphatic carboxylic acids is 2. The Hall–Kier alpha value is -10.3. The lowest BCUT2D eigenvalue weighted by Gasteiger charge is -2.35. The van der Waals surface area contributed by atoms with E-state index in [1.807, 2.05) is 0 Å². The average Bonchev–Trinajstić information content (AvgIpc) is 1.67. The van der Waals surface area contributed by atoms with Gasteiger partial charge in [0.05, 0.1) is 30.6 Å². The van der Waals surface area contributed by atoms with Gasteiger partial charge in [0.25, 0.3) is 5.69 Å². The summed E-state index contributed by atoms with van der Waals surface area (Å²) in [5.74, 6) is -18.4. The molecule has 610 valence electrons. The number of non-ortho nitro benzene ring substituents is 1. The Kier molecular flexibility index (Phi) is 35.0. The molecule has 13 amide bonds. The minimum absolute atomic E-state index is 0.00398. The molecule has 0 saturated carbocycles. The number of carboxylic acid groups (broad SMARTS) is 2. The number of carbonyl (C=O) groups excluding carboxylic acids is 13. The van der Waals surface area contributed by atoms with Crippen molar-refractivity contribution in [1.82, 2.24) is 67.9 Å². The van der Waals surface area contributed by atoms with Crippen molar-refractivity contribution in [3.05, 3.63) is 75.8 Å².